The van der Waals surface area contributed by atoms with E-state index in [4.69, 9.17) is 9.84 Å². The van der Waals surface area contributed by atoms with E-state index in [0.717, 1.165) is 22.3 Å². The number of carbonyl (C=O) groups is 2. The minimum Gasteiger partial charge on any atom is -0.469 e. The summed E-state index contributed by atoms with van der Waals surface area (Å²) in [5, 5.41) is 9.12. The number of carbonyl (C=O) groups excluding carboxylic acids is 2. The van der Waals surface area contributed by atoms with E-state index in [-0.39, 0.29) is 24.6 Å². The highest BCUT2D eigenvalue weighted by Crippen LogP contribution is 2.53. The van der Waals surface area contributed by atoms with Gasteiger partial charge in [-0.05, 0) is 35.1 Å². The molecule has 0 radical (unpaired) electrons. The summed E-state index contributed by atoms with van der Waals surface area (Å²) in [4.78, 5) is 23.6. The number of aliphatic hydroxyl groups is 1. The van der Waals surface area contributed by atoms with E-state index >= 15 is 0 Å². The van der Waals surface area contributed by atoms with Crippen molar-refractivity contribution in [1.29, 1.82) is 0 Å². The number of ketones is 1. The Kier molecular flexibility index (Phi) is 5.00. The van der Waals surface area contributed by atoms with Gasteiger partial charge in [0.05, 0.1) is 7.11 Å². The maximum Gasteiger partial charge on any atom is 0.305 e. The maximum atomic E-state index is 11.8. The van der Waals surface area contributed by atoms with E-state index in [0.29, 0.717) is 12.8 Å². The normalized spacial score (nSPS) is 13.8. The number of benzene rings is 2. The molecule has 25 heavy (non-hydrogen) atoms. The molecule has 4 nitrogen and oxygen atoms in total. The van der Waals surface area contributed by atoms with Gasteiger partial charge in [-0.1, -0.05) is 48.5 Å². The Labute approximate surface area is 147 Å². The van der Waals surface area contributed by atoms with Crippen LogP contribution in [0.3, 0.4) is 0 Å². The molecule has 0 spiro atoms. The van der Waals surface area contributed by atoms with Crippen molar-refractivity contribution in [2.75, 3.05) is 13.7 Å². The summed E-state index contributed by atoms with van der Waals surface area (Å²) in [6.45, 7) is -0.448. The Morgan fingerprint density at radius 2 is 1.44 bits per heavy atom. The summed E-state index contributed by atoms with van der Waals surface area (Å²) in [5.74, 6) is -0.436. The summed E-state index contributed by atoms with van der Waals surface area (Å²) in [6, 6.07) is 16.3. The van der Waals surface area contributed by atoms with Crippen molar-refractivity contribution >= 4 is 11.8 Å². The highest BCUT2D eigenvalue weighted by molar-refractivity contribution is 5.83. The van der Waals surface area contributed by atoms with Crippen molar-refractivity contribution in [1.82, 2.24) is 0 Å². The van der Waals surface area contributed by atoms with E-state index < -0.39 is 12.0 Å². The molecule has 0 saturated heterocycles. The van der Waals surface area contributed by atoms with Gasteiger partial charge in [-0.25, -0.2) is 0 Å². The molecule has 0 fully saturated rings. The standard InChI is InChI=1S/C21H22O4/c1-25-20(24)11-13-21(12-10-15(23)14-22)18-8-4-2-6-16(18)17-7-3-5-9-19(17)21/h2-9,22H,10-14H2,1H3. The number of esters is 1. The first-order chi connectivity index (χ1) is 12.1. The van der Waals surface area contributed by atoms with Crippen LogP contribution in [0.1, 0.15) is 36.8 Å². The lowest BCUT2D eigenvalue weighted by Gasteiger charge is -2.32. The molecule has 2 aromatic carbocycles. The molecule has 0 bridgehead atoms. The third-order valence-electron chi connectivity index (χ3n) is 5.17. The van der Waals surface area contributed by atoms with Crippen LogP contribution in [0.25, 0.3) is 11.1 Å². The smallest absolute Gasteiger partial charge is 0.305 e. The lowest BCUT2D eigenvalue weighted by molar-refractivity contribution is -0.141. The van der Waals surface area contributed by atoms with Gasteiger partial charge < -0.3 is 9.84 Å². The average molecular weight is 338 g/mol. The zero-order valence-corrected chi connectivity index (χ0v) is 14.3. The number of methoxy groups -OCH3 is 1. The van der Waals surface area contributed by atoms with Gasteiger partial charge in [0, 0.05) is 18.3 Å². The Morgan fingerprint density at radius 3 is 1.96 bits per heavy atom. The average Bonchev–Trinajstić information content (AvgIpc) is 2.95. The Bertz CT molecular complexity index is 726. The molecule has 0 aromatic heterocycles. The molecule has 130 valence electrons. The monoisotopic (exact) mass is 338 g/mol. The lowest BCUT2D eigenvalue weighted by Crippen LogP contribution is -2.28. The van der Waals surface area contributed by atoms with Gasteiger partial charge in [0.15, 0.2) is 5.78 Å². The molecule has 0 unspecified atom stereocenters. The van der Waals surface area contributed by atoms with E-state index in [2.05, 4.69) is 24.3 Å². The minimum absolute atomic E-state index is 0.181. The zero-order valence-electron chi connectivity index (χ0n) is 14.3. The zero-order chi connectivity index (χ0) is 17.9. The molecule has 2 aromatic rings. The Morgan fingerprint density at radius 1 is 0.920 bits per heavy atom. The van der Waals surface area contributed by atoms with Crippen LogP contribution in [0.15, 0.2) is 48.5 Å². The first kappa shape index (κ1) is 17.4. The van der Waals surface area contributed by atoms with Crippen molar-refractivity contribution in [2.45, 2.75) is 31.1 Å². The maximum absolute atomic E-state index is 11.8. The summed E-state index contributed by atoms with van der Waals surface area (Å²) in [5.41, 5.74) is 4.18. The van der Waals surface area contributed by atoms with Gasteiger partial charge >= 0.3 is 5.97 Å². The SMILES string of the molecule is COC(=O)CCC1(CCC(=O)CO)c2ccccc2-c2ccccc21. The van der Waals surface area contributed by atoms with E-state index in [1.807, 2.05) is 24.3 Å². The summed E-state index contributed by atoms with van der Waals surface area (Å²) >= 11 is 0. The number of Topliss-reactive ketones (excluding diaryl/α,β-unsaturated/α-hetero) is 1. The molecule has 3 rings (SSSR count). The highest BCUT2D eigenvalue weighted by Gasteiger charge is 2.42. The van der Waals surface area contributed by atoms with Gasteiger partial charge in [0.2, 0.25) is 0 Å². The first-order valence-corrected chi connectivity index (χ1v) is 8.51. The third-order valence-corrected chi connectivity index (χ3v) is 5.17. The van der Waals surface area contributed by atoms with Crippen LogP contribution in [0.5, 0.6) is 0 Å². The number of fused-ring (bicyclic) bond motifs is 3. The van der Waals surface area contributed by atoms with Gasteiger partial charge in [0.1, 0.15) is 6.61 Å². The van der Waals surface area contributed by atoms with Crippen LogP contribution < -0.4 is 0 Å². The fourth-order valence-corrected chi connectivity index (χ4v) is 3.93. The van der Waals surface area contributed by atoms with Crippen LogP contribution in [0, 0.1) is 0 Å². The number of ether oxygens (including phenoxy) is 1. The van der Waals surface area contributed by atoms with Crippen molar-refractivity contribution in [3.8, 4) is 11.1 Å². The van der Waals surface area contributed by atoms with E-state index in [9.17, 15) is 9.59 Å². The molecule has 1 aliphatic rings. The molecule has 0 heterocycles. The van der Waals surface area contributed by atoms with Gasteiger partial charge in [-0.2, -0.15) is 0 Å². The van der Waals surface area contributed by atoms with E-state index in [1.165, 1.54) is 7.11 Å². The van der Waals surface area contributed by atoms with Crippen molar-refractivity contribution in [3.05, 3.63) is 59.7 Å². The van der Waals surface area contributed by atoms with Crippen LogP contribution in [-0.4, -0.2) is 30.6 Å². The molecule has 4 heteroatoms. The predicted octanol–water partition coefficient (Wildman–Crippen LogP) is 3.25. The minimum atomic E-state index is -0.448. The van der Waals surface area contributed by atoms with Gasteiger partial charge in [-0.15, -0.1) is 0 Å². The molecule has 1 aliphatic carbocycles. The van der Waals surface area contributed by atoms with Gasteiger partial charge in [-0.3, -0.25) is 9.59 Å². The molecule has 1 N–H and O–H groups in total. The van der Waals surface area contributed by atoms with E-state index in [1.54, 1.807) is 0 Å². The van der Waals surface area contributed by atoms with Gasteiger partial charge in [0.25, 0.3) is 0 Å². The second-order valence-electron chi connectivity index (χ2n) is 6.45. The van der Waals surface area contributed by atoms with Crippen LogP contribution >= 0.6 is 0 Å². The number of hydrogen-bond acceptors (Lipinski definition) is 4. The van der Waals surface area contributed by atoms with Crippen molar-refractivity contribution < 1.29 is 19.4 Å². The van der Waals surface area contributed by atoms with Crippen LogP contribution in [-0.2, 0) is 19.7 Å². The molecular formula is C21H22O4. The lowest BCUT2D eigenvalue weighted by atomic mass is 9.71. The van der Waals surface area contributed by atoms with Crippen molar-refractivity contribution in [3.63, 3.8) is 0 Å². The topological polar surface area (TPSA) is 63.6 Å². The Hall–Kier alpha value is -2.46. The fraction of sp³-hybridized carbons (Fsp3) is 0.333. The predicted molar refractivity (Wildman–Crippen MR) is 95.2 cm³/mol. The fourth-order valence-electron chi connectivity index (χ4n) is 3.93. The Balaban J connectivity index is 2.08. The molecular weight excluding hydrogens is 316 g/mol. The van der Waals surface area contributed by atoms with Crippen molar-refractivity contribution in [2.24, 2.45) is 0 Å². The molecule has 0 atom stereocenters. The summed E-state index contributed by atoms with van der Waals surface area (Å²) in [6.07, 6.45) is 1.71. The van der Waals surface area contributed by atoms with Crippen LogP contribution in [0.2, 0.25) is 0 Å². The second-order valence-corrected chi connectivity index (χ2v) is 6.45. The second kappa shape index (κ2) is 7.19. The first-order valence-electron chi connectivity index (χ1n) is 8.51. The molecule has 0 saturated carbocycles. The molecule has 0 amide bonds. The summed E-state index contributed by atoms with van der Waals surface area (Å²) in [7, 11) is 1.39. The quantitative estimate of drug-likeness (QED) is 0.787. The number of rotatable bonds is 7. The summed E-state index contributed by atoms with van der Waals surface area (Å²) < 4.78 is 4.83. The largest absolute Gasteiger partial charge is 0.469 e. The highest BCUT2D eigenvalue weighted by atomic mass is 16.5. The third kappa shape index (κ3) is 3.10. The molecule has 0 aliphatic heterocycles. The van der Waals surface area contributed by atoms with Crippen LogP contribution in [0.4, 0.5) is 0 Å². The number of hydrogen-bond donors (Lipinski definition) is 1. The number of aliphatic hydroxyl groups excluding tert-OH is 1.